The molecule has 0 bridgehead atoms. The van der Waals surface area contributed by atoms with Crippen LogP contribution < -0.4 is 5.73 Å². The Labute approximate surface area is 97.1 Å². The fraction of sp³-hybridized carbons (Fsp3) is 0.0909. The third-order valence-electron chi connectivity index (χ3n) is 2.19. The summed E-state index contributed by atoms with van der Waals surface area (Å²) in [6.45, 7) is 1.86. The summed E-state index contributed by atoms with van der Waals surface area (Å²) >= 11 is 5.77. The Morgan fingerprint density at radius 3 is 2.69 bits per heavy atom. The Hall–Kier alpha value is -1.68. The minimum absolute atomic E-state index is 0.0751. The van der Waals surface area contributed by atoms with Crippen LogP contribution in [0.15, 0.2) is 24.3 Å². The molecule has 1 heterocycles. The molecule has 0 radical (unpaired) electrons. The molecule has 0 saturated heterocycles. The van der Waals surface area contributed by atoms with E-state index >= 15 is 0 Å². The third-order valence-corrected chi connectivity index (χ3v) is 2.38. The molecule has 1 aromatic carbocycles. The quantitative estimate of drug-likeness (QED) is 0.776. The van der Waals surface area contributed by atoms with E-state index in [1.165, 1.54) is 12.1 Å². The van der Waals surface area contributed by atoms with Gasteiger partial charge in [-0.1, -0.05) is 17.7 Å². The fourth-order valence-corrected chi connectivity index (χ4v) is 1.63. The zero-order valence-electron chi connectivity index (χ0n) is 8.54. The van der Waals surface area contributed by atoms with Gasteiger partial charge >= 0.3 is 0 Å². The van der Waals surface area contributed by atoms with Crippen LogP contribution in [0.3, 0.4) is 0 Å². The molecule has 0 aliphatic heterocycles. The van der Waals surface area contributed by atoms with E-state index in [1.807, 2.05) is 6.92 Å². The normalized spacial score (nSPS) is 10.4. The van der Waals surface area contributed by atoms with E-state index in [2.05, 4.69) is 9.97 Å². The maximum absolute atomic E-state index is 13.1. The summed E-state index contributed by atoms with van der Waals surface area (Å²) in [7, 11) is 0. The summed E-state index contributed by atoms with van der Waals surface area (Å²) in [6, 6.07) is 6.02. The van der Waals surface area contributed by atoms with Crippen molar-refractivity contribution in [2.24, 2.45) is 0 Å². The molecule has 0 saturated carbocycles. The van der Waals surface area contributed by atoms with Gasteiger partial charge in [0.15, 0.2) is 0 Å². The van der Waals surface area contributed by atoms with Gasteiger partial charge in [0.05, 0.1) is 5.69 Å². The number of hydrogen-bond donors (Lipinski definition) is 1. The summed E-state index contributed by atoms with van der Waals surface area (Å²) in [6.07, 6.45) is 0. The minimum atomic E-state index is -0.325. The van der Waals surface area contributed by atoms with Crippen molar-refractivity contribution in [1.29, 1.82) is 0 Å². The average molecular weight is 238 g/mol. The molecule has 0 aliphatic rings. The zero-order chi connectivity index (χ0) is 11.7. The van der Waals surface area contributed by atoms with Crippen molar-refractivity contribution in [2.75, 3.05) is 5.73 Å². The van der Waals surface area contributed by atoms with E-state index in [4.69, 9.17) is 17.3 Å². The lowest BCUT2D eigenvalue weighted by molar-refractivity contribution is 0.628. The number of aryl methyl sites for hydroxylation is 1. The van der Waals surface area contributed by atoms with E-state index in [9.17, 15) is 4.39 Å². The molecule has 16 heavy (non-hydrogen) atoms. The molecule has 2 rings (SSSR count). The molecule has 0 amide bonds. The number of nitrogens with zero attached hydrogens (tertiary/aromatic N) is 2. The highest BCUT2D eigenvalue weighted by Gasteiger charge is 2.07. The highest BCUT2D eigenvalue weighted by atomic mass is 35.5. The topological polar surface area (TPSA) is 51.8 Å². The zero-order valence-corrected chi connectivity index (χ0v) is 9.29. The number of anilines is 1. The maximum Gasteiger partial charge on any atom is 0.221 e. The highest BCUT2D eigenvalue weighted by Crippen LogP contribution is 2.24. The second-order valence-electron chi connectivity index (χ2n) is 3.39. The van der Waals surface area contributed by atoms with Crippen LogP contribution in [0.2, 0.25) is 5.15 Å². The van der Waals surface area contributed by atoms with Crippen LogP contribution in [0.25, 0.3) is 11.3 Å². The van der Waals surface area contributed by atoms with Crippen molar-refractivity contribution in [2.45, 2.75) is 6.92 Å². The lowest BCUT2D eigenvalue weighted by Gasteiger charge is -2.06. The van der Waals surface area contributed by atoms with Gasteiger partial charge in [-0.05, 0) is 24.6 Å². The Morgan fingerprint density at radius 1 is 1.25 bits per heavy atom. The molecular weight excluding hydrogens is 229 g/mol. The maximum atomic E-state index is 13.1. The third kappa shape index (κ3) is 2.12. The van der Waals surface area contributed by atoms with Crippen molar-refractivity contribution in [3.8, 4) is 11.3 Å². The molecule has 1 aromatic heterocycles. The Balaban J connectivity index is 2.62. The Kier molecular flexibility index (Phi) is 2.75. The lowest BCUT2D eigenvalue weighted by Crippen LogP contribution is -1.97. The molecule has 0 atom stereocenters. The van der Waals surface area contributed by atoms with Gasteiger partial charge in [0.2, 0.25) is 5.95 Å². The van der Waals surface area contributed by atoms with Gasteiger partial charge in [0, 0.05) is 11.6 Å². The number of benzene rings is 1. The monoisotopic (exact) mass is 237 g/mol. The summed E-state index contributed by atoms with van der Waals surface area (Å²) in [4.78, 5) is 7.77. The first-order valence-corrected chi connectivity index (χ1v) is 5.00. The summed E-state index contributed by atoms with van der Waals surface area (Å²) in [5.41, 5.74) is 7.57. The van der Waals surface area contributed by atoms with Gasteiger partial charge < -0.3 is 5.73 Å². The van der Waals surface area contributed by atoms with Crippen molar-refractivity contribution in [3.63, 3.8) is 0 Å². The molecule has 5 heteroatoms. The molecule has 0 fully saturated rings. The first kappa shape index (κ1) is 10.8. The van der Waals surface area contributed by atoms with Gasteiger partial charge in [-0.25, -0.2) is 14.4 Å². The van der Waals surface area contributed by atoms with E-state index in [0.29, 0.717) is 11.3 Å². The fourth-order valence-electron chi connectivity index (χ4n) is 1.44. The first-order valence-electron chi connectivity index (χ1n) is 4.63. The second kappa shape index (κ2) is 4.06. The predicted octanol–water partition coefficient (Wildman–Crippen LogP) is 2.83. The summed E-state index contributed by atoms with van der Waals surface area (Å²) in [5.74, 6) is -0.250. The van der Waals surface area contributed by atoms with Gasteiger partial charge in [-0.15, -0.1) is 0 Å². The van der Waals surface area contributed by atoms with Crippen LogP contribution in [0.4, 0.5) is 10.3 Å². The molecule has 82 valence electrons. The standard InChI is InChI=1S/C11H9ClFN3/c1-6-2-3-7(13)4-8(6)9-5-10(12)16-11(14)15-9/h2-5H,1H3,(H2,14,15,16). The van der Waals surface area contributed by atoms with Crippen molar-refractivity contribution < 1.29 is 4.39 Å². The smallest absolute Gasteiger partial charge is 0.221 e. The van der Waals surface area contributed by atoms with Crippen LogP contribution in [-0.2, 0) is 0 Å². The SMILES string of the molecule is Cc1ccc(F)cc1-c1cc(Cl)nc(N)n1. The molecule has 2 aromatic rings. The molecule has 0 aliphatic carbocycles. The van der Waals surface area contributed by atoms with Gasteiger partial charge in [-0.3, -0.25) is 0 Å². The van der Waals surface area contributed by atoms with E-state index < -0.39 is 0 Å². The number of hydrogen-bond acceptors (Lipinski definition) is 3. The van der Waals surface area contributed by atoms with Crippen LogP contribution in [0.1, 0.15) is 5.56 Å². The molecule has 3 nitrogen and oxygen atoms in total. The van der Waals surface area contributed by atoms with Gasteiger partial charge in [0.1, 0.15) is 11.0 Å². The predicted molar refractivity (Wildman–Crippen MR) is 61.6 cm³/mol. The van der Waals surface area contributed by atoms with E-state index in [0.717, 1.165) is 5.56 Å². The summed E-state index contributed by atoms with van der Waals surface area (Å²) in [5, 5.41) is 0.242. The number of aromatic nitrogens is 2. The number of nitrogens with two attached hydrogens (primary N) is 1. The van der Waals surface area contributed by atoms with E-state index in [1.54, 1.807) is 12.1 Å². The van der Waals surface area contributed by atoms with Gasteiger partial charge in [-0.2, -0.15) is 0 Å². The van der Waals surface area contributed by atoms with Crippen LogP contribution in [0, 0.1) is 12.7 Å². The molecule has 2 N–H and O–H groups in total. The van der Waals surface area contributed by atoms with Crippen LogP contribution >= 0.6 is 11.6 Å². The minimum Gasteiger partial charge on any atom is -0.368 e. The van der Waals surface area contributed by atoms with Crippen molar-refractivity contribution in [3.05, 3.63) is 40.8 Å². The highest BCUT2D eigenvalue weighted by molar-refractivity contribution is 6.29. The largest absolute Gasteiger partial charge is 0.368 e. The number of rotatable bonds is 1. The van der Waals surface area contributed by atoms with Crippen LogP contribution in [0.5, 0.6) is 0 Å². The number of nitrogen functional groups attached to an aromatic ring is 1. The molecule has 0 unspecified atom stereocenters. The first-order chi connectivity index (χ1) is 7.56. The lowest BCUT2D eigenvalue weighted by atomic mass is 10.1. The molecule has 0 spiro atoms. The van der Waals surface area contributed by atoms with E-state index in [-0.39, 0.29) is 16.9 Å². The average Bonchev–Trinajstić information content (AvgIpc) is 2.20. The Morgan fingerprint density at radius 2 is 2.00 bits per heavy atom. The molecular formula is C11H9ClFN3. The summed E-state index contributed by atoms with van der Waals surface area (Å²) < 4.78 is 13.1. The van der Waals surface area contributed by atoms with Gasteiger partial charge in [0.25, 0.3) is 0 Å². The van der Waals surface area contributed by atoms with Crippen molar-refractivity contribution >= 4 is 17.5 Å². The number of halogens is 2. The Bertz CT molecular complexity index is 522. The second-order valence-corrected chi connectivity index (χ2v) is 3.78. The van der Waals surface area contributed by atoms with Crippen LogP contribution in [-0.4, -0.2) is 9.97 Å². The van der Waals surface area contributed by atoms with Crippen molar-refractivity contribution in [1.82, 2.24) is 9.97 Å².